The van der Waals surface area contributed by atoms with Gasteiger partial charge < -0.3 is 19.4 Å². The minimum atomic E-state index is -0.263. The van der Waals surface area contributed by atoms with E-state index in [1.165, 1.54) is 0 Å². The molecular formula is C19H21IN2O4. The fraction of sp³-hybridized carbons (Fsp3) is 0.368. The number of aromatic nitrogens is 1. The van der Waals surface area contributed by atoms with Gasteiger partial charge in [-0.25, -0.2) is 0 Å². The van der Waals surface area contributed by atoms with E-state index in [1.54, 1.807) is 11.8 Å². The lowest BCUT2D eigenvalue weighted by Crippen LogP contribution is -2.41. The van der Waals surface area contributed by atoms with Gasteiger partial charge in [-0.15, -0.1) is 0 Å². The predicted octanol–water partition coefficient (Wildman–Crippen LogP) is 3.17. The summed E-state index contributed by atoms with van der Waals surface area (Å²) in [6, 6.07) is 5.83. The van der Waals surface area contributed by atoms with Crippen LogP contribution in [0.3, 0.4) is 0 Å². The Morgan fingerprint density at radius 2 is 1.77 bits per heavy atom. The van der Waals surface area contributed by atoms with Crippen molar-refractivity contribution in [2.75, 3.05) is 26.3 Å². The SMILES string of the molecule is Cc1cc(C)cc(Oc2c(C(=O)N3CCOCC3)c(C)[nH]c(=O)c2I)c1. The summed E-state index contributed by atoms with van der Waals surface area (Å²) in [5.74, 6) is 0.772. The number of nitrogens with zero attached hydrogens (tertiary/aromatic N) is 1. The second kappa shape index (κ2) is 7.79. The molecule has 1 fully saturated rings. The molecule has 0 atom stereocenters. The lowest BCUT2D eigenvalue weighted by atomic mass is 10.1. The highest BCUT2D eigenvalue weighted by atomic mass is 127. The third-order valence-corrected chi connectivity index (χ3v) is 5.21. The zero-order chi connectivity index (χ0) is 18.8. The van der Waals surface area contributed by atoms with Crippen molar-refractivity contribution in [3.63, 3.8) is 0 Å². The maximum Gasteiger partial charge on any atom is 0.265 e. The van der Waals surface area contributed by atoms with E-state index >= 15 is 0 Å². The average Bonchev–Trinajstić information content (AvgIpc) is 2.59. The largest absolute Gasteiger partial charge is 0.455 e. The molecule has 7 heteroatoms. The number of benzene rings is 1. The number of carbonyl (C=O) groups is 1. The van der Waals surface area contributed by atoms with E-state index in [9.17, 15) is 9.59 Å². The van der Waals surface area contributed by atoms with Crippen LogP contribution in [0.5, 0.6) is 11.5 Å². The molecular weight excluding hydrogens is 447 g/mol. The van der Waals surface area contributed by atoms with E-state index in [1.807, 2.05) is 54.6 Å². The minimum absolute atomic E-state index is 0.153. The summed E-state index contributed by atoms with van der Waals surface area (Å²) >= 11 is 1.93. The van der Waals surface area contributed by atoms with E-state index in [0.717, 1.165) is 11.1 Å². The topological polar surface area (TPSA) is 71.6 Å². The molecule has 0 saturated carbocycles. The lowest BCUT2D eigenvalue weighted by Gasteiger charge is -2.28. The third kappa shape index (κ3) is 3.93. The fourth-order valence-corrected chi connectivity index (χ4v) is 3.57. The Labute approximate surface area is 165 Å². The van der Waals surface area contributed by atoms with Crippen LogP contribution in [0.2, 0.25) is 0 Å². The molecule has 138 valence electrons. The van der Waals surface area contributed by atoms with Crippen molar-refractivity contribution < 1.29 is 14.3 Å². The highest BCUT2D eigenvalue weighted by Crippen LogP contribution is 2.32. The first-order valence-electron chi connectivity index (χ1n) is 8.42. The monoisotopic (exact) mass is 468 g/mol. The first-order chi connectivity index (χ1) is 12.4. The van der Waals surface area contributed by atoms with Crippen LogP contribution in [0, 0.1) is 24.3 Å². The van der Waals surface area contributed by atoms with E-state index < -0.39 is 0 Å². The number of morpholine rings is 1. The van der Waals surface area contributed by atoms with Crippen molar-refractivity contribution in [3.05, 3.63) is 54.5 Å². The van der Waals surface area contributed by atoms with E-state index in [0.29, 0.717) is 52.6 Å². The highest BCUT2D eigenvalue weighted by molar-refractivity contribution is 14.1. The number of hydrogen-bond acceptors (Lipinski definition) is 4. The zero-order valence-electron chi connectivity index (χ0n) is 15.0. The Bertz CT molecular complexity index is 881. The number of ether oxygens (including phenoxy) is 2. The molecule has 1 aliphatic heterocycles. The predicted molar refractivity (Wildman–Crippen MR) is 107 cm³/mol. The Kier molecular flexibility index (Phi) is 5.67. The standard InChI is InChI=1S/C19H21IN2O4/c1-11-8-12(2)10-14(9-11)26-17-15(13(3)21-18(23)16(17)20)19(24)22-4-6-25-7-5-22/h8-10H,4-7H2,1-3H3,(H,21,23). The molecule has 3 rings (SSSR count). The van der Waals surface area contributed by atoms with Crippen LogP contribution in [0.15, 0.2) is 23.0 Å². The molecule has 0 unspecified atom stereocenters. The normalized spacial score (nSPS) is 14.4. The summed E-state index contributed by atoms with van der Waals surface area (Å²) in [4.78, 5) is 29.8. The molecule has 0 radical (unpaired) electrons. The molecule has 26 heavy (non-hydrogen) atoms. The molecule has 1 saturated heterocycles. The van der Waals surface area contributed by atoms with Gasteiger partial charge in [0.2, 0.25) is 0 Å². The summed E-state index contributed by atoms with van der Waals surface area (Å²) in [6.07, 6.45) is 0. The first-order valence-corrected chi connectivity index (χ1v) is 9.50. The van der Waals surface area contributed by atoms with E-state index in [4.69, 9.17) is 9.47 Å². The molecule has 6 nitrogen and oxygen atoms in total. The summed E-state index contributed by atoms with van der Waals surface area (Å²) in [7, 11) is 0. The van der Waals surface area contributed by atoms with Crippen LogP contribution < -0.4 is 10.3 Å². The molecule has 1 aromatic heterocycles. The molecule has 0 bridgehead atoms. The lowest BCUT2D eigenvalue weighted by molar-refractivity contribution is 0.0300. The molecule has 1 amide bonds. The van der Waals surface area contributed by atoms with Gasteiger partial charge in [-0.2, -0.15) is 0 Å². The second-order valence-corrected chi connectivity index (χ2v) is 7.51. The molecule has 2 aromatic rings. The van der Waals surface area contributed by atoms with Crippen molar-refractivity contribution in [1.82, 2.24) is 9.88 Å². The van der Waals surface area contributed by atoms with Crippen LogP contribution in [-0.4, -0.2) is 42.1 Å². The molecule has 0 spiro atoms. The Hall–Kier alpha value is -1.87. The van der Waals surface area contributed by atoms with Crippen LogP contribution in [0.4, 0.5) is 0 Å². The first kappa shape index (κ1) is 18.9. The molecule has 1 aliphatic rings. The Balaban J connectivity index is 2.07. The highest BCUT2D eigenvalue weighted by Gasteiger charge is 2.27. The number of rotatable bonds is 3. The van der Waals surface area contributed by atoms with E-state index in [-0.39, 0.29) is 11.5 Å². The Morgan fingerprint density at radius 3 is 2.38 bits per heavy atom. The maximum atomic E-state index is 13.1. The number of amides is 1. The number of halogens is 1. The Morgan fingerprint density at radius 1 is 1.15 bits per heavy atom. The van der Waals surface area contributed by atoms with Crippen LogP contribution >= 0.6 is 22.6 Å². The smallest absolute Gasteiger partial charge is 0.265 e. The summed E-state index contributed by atoms with van der Waals surface area (Å²) in [5, 5.41) is 0. The fourth-order valence-electron chi connectivity index (χ4n) is 3.06. The zero-order valence-corrected chi connectivity index (χ0v) is 17.2. The van der Waals surface area contributed by atoms with Gasteiger partial charge in [0, 0.05) is 18.8 Å². The minimum Gasteiger partial charge on any atom is -0.455 e. The van der Waals surface area contributed by atoms with Gasteiger partial charge >= 0.3 is 0 Å². The number of aryl methyl sites for hydroxylation is 3. The number of nitrogens with one attached hydrogen (secondary N) is 1. The van der Waals surface area contributed by atoms with Crippen molar-refractivity contribution in [1.29, 1.82) is 0 Å². The number of H-pyrrole nitrogens is 1. The number of aromatic amines is 1. The van der Waals surface area contributed by atoms with Crippen LogP contribution in [0.25, 0.3) is 0 Å². The second-order valence-electron chi connectivity index (χ2n) is 6.43. The molecule has 2 heterocycles. The average molecular weight is 468 g/mol. The van der Waals surface area contributed by atoms with Crippen molar-refractivity contribution in [3.8, 4) is 11.5 Å². The quantitative estimate of drug-likeness (QED) is 0.703. The van der Waals surface area contributed by atoms with Crippen LogP contribution in [-0.2, 0) is 4.74 Å². The van der Waals surface area contributed by atoms with Gasteiger partial charge in [0.15, 0.2) is 5.75 Å². The van der Waals surface area contributed by atoms with Crippen LogP contribution in [0.1, 0.15) is 27.2 Å². The summed E-state index contributed by atoms with van der Waals surface area (Å²) in [5.41, 5.74) is 2.75. The van der Waals surface area contributed by atoms with Gasteiger partial charge in [0.1, 0.15) is 14.9 Å². The van der Waals surface area contributed by atoms with Crippen molar-refractivity contribution in [2.45, 2.75) is 20.8 Å². The van der Waals surface area contributed by atoms with Gasteiger partial charge in [-0.1, -0.05) is 6.07 Å². The maximum absolute atomic E-state index is 13.1. The van der Waals surface area contributed by atoms with Crippen molar-refractivity contribution in [2.24, 2.45) is 0 Å². The van der Waals surface area contributed by atoms with E-state index in [2.05, 4.69) is 4.98 Å². The van der Waals surface area contributed by atoms with Crippen molar-refractivity contribution >= 4 is 28.5 Å². The third-order valence-electron chi connectivity index (χ3n) is 4.23. The summed E-state index contributed by atoms with van der Waals surface area (Å²) < 4.78 is 11.8. The number of hydrogen-bond donors (Lipinski definition) is 1. The molecule has 1 N–H and O–H groups in total. The number of carbonyl (C=O) groups excluding carboxylic acids is 1. The number of pyridine rings is 1. The molecule has 0 aliphatic carbocycles. The van der Waals surface area contributed by atoms with Gasteiger partial charge in [0.05, 0.1) is 13.2 Å². The van der Waals surface area contributed by atoms with Gasteiger partial charge in [-0.05, 0) is 66.6 Å². The summed E-state index contributed by atoms with van der Waals surface area (Å²) in [6.45, 7) is 7.76. The van der Waals surface area contributed by atoms with Gasteiger partial charge in [-0.3, -0.25) is 9.59 Å². The van der Waals surface area contributed by atoms with Gasteiger partial charge in [0.25, 0.3) is 11.5 Å². The molecule has 1 aromatic carbocycles.